The van der Waals surface area contributed by atoms with Gasteiger partial charge in [0.1, 0.15) is 43.3 Å². The first-order chi connectivity index (χ1) is 39.1. The van der Waals surface area contributed by atoms with E-state index in [2.05, 4.69) is 33.2 Å². The SMILES string of the molecule is CC(=O)N[C@@H](CCCCN)C(=O)NCCC(=O)Nc1cc(COC(=O)Nc2ncc(Cc3ccc([C@@H]4O[C@@H]5C[C@H]6[C@@H]7CCC8=CC(=O)C=C[C@]8(C)[C@H]7[C@@H](O)C[C@]6(C)[C@]5(C(=O)CO)O4)cc3)s2)ccc1O[C@@H]1O[C@H](C(=O)O)[C@@H](O)[C@H](O)[C@H]1O. The van der Waals surface area contributed by atoms with Crippen LogP contribution in [-0.4, -0.2) is 151 Å². The van der Waals surface area contributed by atoms with Gasteiger partial charge in [-0.25, -0.2) is 14.6 Å². The van der Waals surface area contributed by atoms with E-state index in [0.29, 0.717) is 56.2 Å². The third-order valence-electron chi connectivity index (χ3n) is 17.2. The fraction of sp³-hybridized carbons (Fsp3) is 0.544. The number of aliphatic carboxylic acids is 1. The van der Waals surface area contributed by atoms with Crippen LogP contribution in [-0.2, 0) is 60.7 Å². The fourth-order valence-corrected chi connectivity index (χ4v) is 14.2. The zero-order chi connectivity index (χ0) is 58.8. The van der Waals surface area contributed by atoms with Crippen molar-refractivity contribution in [2.45, 2.75) is 146 Å². The number of nitrogens with two attached hydrogens (primary N) is 1. The van der Waals surface area contributed by atoms with Gasteiger partial charge in [-0.3, -0.25) is 29.3 Å². The number of thiazole rings is 1. The highest BCUT2D eigenvalue weighted by Crippen LogP contribution is 2.70. The first kappa shape index (κ1) is 60.1. The molecule has 24 nitrogen and oxygen atoms in total. The number of aliphatic hydroxyl groups excluding tert-OH is 5. The number of Topliss-reactive ketones (excluding diaryl/α,β-unsaturated/α-hetero) is 1. The van der Waals surface area contributed by atoms with Gasteiger partial charge in [0, 0.05) is 59.7 Å². The van der Waals surface area contributed by atoms with Crippen molar-refractivity contribution >= 4 is 63.5 Å². The van der Waals surface area contributed by atoms with E-state index in [4.69, 9.17) is 29.4 Å². The van der Waals surface area contributed by atoms with Gasteiger partial charge in [0.05, 0.1) is 17.9 Å². The Labute approximate surface area is 475 Å². The lowest BCUT2D eigenvalue weighted by atomic mass is 9.46. The molecule has 442 valence electrons. The number of anilines is 2. The number of amides is 4. The van der Waals surface area contributed by atoms with Gasteiger partial charge < -0.3 is 76.0 Å². The van der Waals surface area contributed by atoms with E-state index in [1.807, 2.05) is 37.3 Å². The lowest BCUT2D eigenvalue weighted by molar-refractivity contribution is -0.271. The molecule has 0 spiro atoms. The van der Waals surface area contributed by atoms with Gasteiger partial charge in [-0.05, 0) is 98.7 Å². The number of aliphatic hydroxyl groups is 5. The number of ether oxygens (including phenoxy) is 5. The molecule has 0 radical (unpaired) electrons. The molecule has 0 unspecified atom stereocenters. The van der Waals surface area contributed by atoms with Crippen LogP contribution in [0.25, 0.3) is 0 Å². The van der Waals surface area contributed by atoms with Gasteiger partial charge in [-0.2, -0.15) is 0 Å². The minimum atomic E-state index is -1.99. The van der Waals surface area contributed by atoms with Crippen molar-refractivity contribution in [1.29, 1.82) is 0 Å². The highest BCUT2D eigenvalue weighted by Gasteiger charge is 2.76. The van der Waals surface area contributed by atoms with E-state index in [1.54, 1.807) is 18.3 Å². The van der Waals surface area contributed by atoms with E-state index in [0.717, 1.165) is 22.4 Å². The third kappa shape index (κ3) is 12.0. The highest BCUT2D eigenvalue weighted by atomic mass is 32.1. The Bertz CT molecular complexity index is 2990. The third-order valence-corrected chi connectivity index (χ3v) is 18.1. The predicted octanol–water partition coefficient (Wildman–Crippen LogP) is 2.43. The van der Waals surface area contributed by atoms with Gasteiger partial charge in [-0.15, -0.1) is 11.3 Å². The Morgan fingerprint density at radius 2 is 1.72 bits per heavy atom. The number of benzene rings is 2. The van der Waals surface area contributed by atoms with Crippen LogP contribution in [0, 0.1) is 28.6 Å². The summed E-state index contributed by atoms with van der Waals surface area (Å²) in [6, 6.07) is 10.7. The number of carboxylic acid groups (broad SMARTS) is 1. The van der Waals surface area contributed by atoms with Gasteiger partial charge in [0.2, 0.25) is 24.0 Å². The van der Waals surface area contributed by atoms with Crippen molar-refractivity contribution < 1.29 is 87.9 Å². The molecule has 0 bridgehead atoms. The Morgan fingerprint density at radius 3 is 2.44 bits per heavy atom. The van der Waals surface area contributed by atoms with Gasteiger partial charge in [0.15, 0.2) is 34.7 Å². The standard InChI is InChI=1S/C57H70N6O18S/c1-28(65)61-37(6-4-5-18-58)49(73)59-19-16-43(69)62-38-21-30(9-14-40(38)78-52-47(72)45(70)46(71)48(80-52)50(74)75)27-77-54(76)63-53-60-25-34(82-53)20-29-7-10-31(11-8-29)51-79-42-23-36-35-13-12-32-22-33(66)15-17-55(32,2)44(35)39(67)24-56(36,3)57(42,81-51)41(68)26-64/h7-11,14-15,17,21-22,25,35-37,39,42,44-48,51-52,64,67,70-72H,4-6,12-13,16,18-20,23-24,26-27,58H2,1-3H3,(H,59,73)(H,61,65)(H,62,69)(H,74,75)(H,60,63,76)/t35-,36-,37-,39-,42+,44+,45-,46-,47+,48-,51+,52+,55-,56-,57+/m0/s1. The van der Waals surface area contributed by atoms with Crippen molar-refractivity contribution in [2.75, 3.05) is 30.3 Å². The van der Waals surface area contributed by atoms with Crippen molar-refractivity contribution in [1.82, 2.24) is 15.6 Å². The van der Waals surface area contributed by atoms with Gasteiger partial charge >= 0.3 is 12.1 Å². The van der Waals surface area contributed by atoms with Crippen LogP contribution < -0.4 is 31.7 Å². The molecular weight excluding hydrogens is 1090 g/mol. The zero-order valence-electron chi connectivity index (χ0n) is 45.5. The number of aromatic nitrogens is 1. The summed E-state index contributed by atoms with van der Waals surface area (Å²) in [6.45, 7) is 4.50. The summed E-state index contributed by atoms with van der Waals surface area (Å²) in [5.41, 5.74) is 5.54. The maximum Gasteiger partial charge on any atom is 0.413 e. The molecule has 9 rings (SSSR count). The van der Waals surface area contributed by atoms with Gasteiger partial charge in [-0.1, -0.05) is 55.8 Å². The smallest absolute Gasteiger partial charge is 0.413 e. The number of fused-ring (bicyclic) bond motifs is 7. The van der Waals surface area contributed by atoms with Crippen LogP contribution in [0.4, 0.5) is 15.6 Å². The van der Waals surface area contributed by atoms with E-state index >= 15 is 0 Å². The molecule has 4 aliphatic carbocycles. The number of hydrogen-bond donors (Lipinski definition) is 11. The van der Waals surface area contributed by atoms with Gasteiger partial charge in [0.25, 0.3) is 0 Å². The summed E-state index contributed by atoms with van der Waals surface area (Å²) in [7, 11) is 0. The quantitative estimate of drug-likeness (QED) is 0.0682. The molecule has 15 atom stereocenters. The first-order valence-corrected chi connectivity index (χ1v) is 28.2. The highest BCUT2D eigenvalue weighted by molar-refractivity contribution is 7.15. The summed E-state index contributed by atoms with van der Waals surface area (Å²) in [6.07, 6.45) is -2.27. The Morgan fingerprint density at radius 1 is 0.963 bits per heavy atom. The normalized spacial score (nSPS) is 31.9. The molecule has 12 N–H and O–H groups in total. The van der Waals surface area contributed by atoms with Crippen molar-refractivity contribution in [2.24, 2.45) is 34.3 Å². The fourth-order valence-electron chi connectivity index (χ4n) is 13.3. The Kier molecular flexibility index (Phi) is 18.1. The van der Waals surface area contributed by atoms with Crippen molar-refractivity contribution in [3.63, 3.8) is 0 Å². The molecule has 3 aromatic rings. The second-order valence-corrected chi connectivity index (χ2v) is 23.5. The second kappa shape index (κ2) is 24.7. The minimum absolute atomic E-state index is 0.0239. The molecule has 82 heavy (non-hydrogen) atoms. The number of carbonyl (C=O) groups excluding carboxylic acids is 6. The Hall–Kier alpha value is -6.52. The number of carboxylic acids is 1. The van der Waals surface area contributed by atoms with Crippen LogP contribution >= 0.6 is 11.3 Å². The number of nitrogens with zero attached hydrogens (tertiary/aromatic N) is 1. The number of allylic oxidation sites excluding steroid dienone is 4. The second-order valence-electron chi connectivity index (χ2n) is 22.4. The van der Waals surface area contributed by atoms with E-state index in [1.165, 1.54) is 36.5 Å². The summed E-state index contributed by atoms with van der Waals surface area (Å²) < 4.78 is 29.9. The van der Waals surface area contributed by atoms with Crippen LogP contribution in [0.3, 0.4) is 0 Å². The number of unbranched alkanes of at least 4 members (excludes halogenated alkanes) is 1. The molecule has 2 saturated heterocycles. The molecule has 2 aliphatic heterocycles. The predicted molar refractivity (Wildman–Crippen MR) is 290 cm³/mol. The monoisotopic (exact) mass is 1160 g/mol. The lowest BCUT2D eigenvalue weighted by Gasteiger charge is -2.59. The number of carbonyl (C=O) groups is 7. The average molecular weight is 1160 g/mol. The maximum atomic E-state index is 14.0. The van der Waals surface area contributed by atoms with Crippen LogP contribution in [0.15, 0.2) is 72.5 Å². The number of nitrogens with one attached hydrogen (secondary N) is 4. The van der Waals surface area contributed by atoms with Crippen molar-refractivity contribution in [3.05, 3.63) is 94.0 Å². The van der Waals surface area contributed by atoms with E-state index in [9.17, 15) is 64.2 Å². The molecule has 4 amide bonds. The van der Waals surface area contributed by atoms with Crippen LogP contribution in [0.2, 0.25) is 0 Å². The average Bonchev–Trinajstić information content (AvgIpc) is 1.57. The number of rotatable bonds is 21. The lowest BCUT2D eigenvalue weighted by Crippen LogP contribution is -2.63. The largest absolute Gasteiger partial charge is 0.479 e. The summed E-state index contributed by atoms with van der Waals surface area (Å²) >= 11 is 1.20. The van der Waals surface area contributed by atoms with Crippen molar-refractivity contribution in [3.8, 4) is 5.75 Å². The van der Waals surface area contributed by atoms with Crippen LogP contribution in [0.1, 0.15) is 100.0 Å². The zero-order valence-corrected chi connectivity index (χ0v) is 46.3. The summed E-state index contributed by atoms with van der Waals surface area (Å²) in [4.78, 5) is 94.3. The number of ketones is 2. The minimum Gasteiger partial charge on any atom is -0.479 e. The molecule has 6 aliphatic rings. The molecule has 2 aromatic carbocycles. The summed E-state index contributed by atoms with van der Waals surface area (Å²) in [5, 5.41) is 73.8. The molecule has 1 aromatic heterocycles. The first-order valence-electron chi connectivity index (χ1n) is 27.4. The topological polar surface area (TPSA) is 374 Å². The van der Waals surface area contributed by atoms with E-state index in [-0.39, 0.29) is 66.1 Å². The summed E-state index contributed by atoms with van der Waals surface area (Å²) in [5.74, 6) is -4.12. The number of hydrogen-bond acceptors (Lipinski definition) is 20. The molecule has 3 saturated carbocycles. The molecule has 5 fully saturated rings. The molecule has 25 heteroatoms. The van der Waals surface area contributed by atoms with E-state index < -0.39 is 114 Å². The molecule has 3 heterocycles. The van der Waals surface area contributed by atoms with Crippen LogP contribution in [0.5, 0.6) is 5.75 Å². The maximum absolute atomic E-state index is 14.0. The Balaban J connectivity index is 0.809. The molecular formula is C57H70N6O18S.